The maximum Gasteiger partial charge on any atom is 0.258 e. The van der Waals surface area contributed by atoms with E-state index in [9.17, 15) is 0 Å². The molecule has 0 bridgehead atoms. The molecule has 0 saturated heterocycles. The molecule has 0 spiro atoms. The van der Waals surface area contributed by atoms with Gasteiger partial charge >= 0.3 is 0 Å². The number of dihydropyridines is 2. The van der Waals surface area contributed by atoms with Crippen LogP contribution in [-0.2, 0) is 12.8 Å². The van der Waals surface area contributed by atoms with Crippen LogP contribution in [0.3, 0.4) is 0 Å². The minimum atomic E-state index is 0. The lowest BCUT2D eigenvalue weighted by molar-refractivity contribution is 0.252. The maximum atomic E-state index is 8.60. The molecule has 0 fully saturated rings. The van der Waals surface area contributed by atoms with Crippen molar-refractivity contribution >= 4 is 108 Å². The van der Waals surface area contributed by atoms with Gasteiger partial charge in [-0.25, -0.2) is 47.5 Å². The molecule has 0 amide bonds. The molecule has 0 saturated carbocycles. The lowest BCUT2D eigenvalue weighted by Crippen LogP contribution is -2.29. The van der Waals surface area contributed by atoms with Crippen LogP contribution in [0.4, 0.5) is 34.1 Å². The Morgan fingerprint density at radius 3 is 1.19 bits per heavy atom. The smallest absolute Gasteiger partial charge is 0.258 e. The fraction of sp³-hybridized carbons (Fsp3) is 0.324. The molecule has 0 aromatic carbocycles. The number of rotatable bonds is 24. The normalized spacial score (nSPS) is 13.8. The van der Waals surface area contributed by atoms with Gasteiger partial charge in [-0.15, -0.1) is 15.3 Å². The van der Waals surface area contributed by atoms with E-state index >= 15 is 0 Å². The van der Waals surface area contributed by atoms with E-state index in [0.29, 0.717) is 94.2 Å². The third kappa shape index (κ3) is 20.4. The summed E-state index contributed by atoms with van der Waals surface area (Å²) in [6.07, 6.45) is 17.4. The Morgan fingerprint density at radius 1 is 0.472 bits per heavy atom. The average Bonchev–Trinajstić information content (AvgIpc) is 1.71. The number of fused-ring (bicyclic) bond motifs is 5. The molecule has 31 nitrogen and oxygen atoms in total. The van der Waals surface area contributed by atoms with Gasteiger partial charge in [-0.3, -0.25) is 10.8 Å². The minimum Gasteiger partial charge on any atom is -0.475 e. The van der Waals surface area contributed by atoms with Gasteiger partial charge < -0.3 is 72.3 Å². The summed E-state index contributed by atoms with van der Waals surface area (Å²) in [4.78, 5) is 33.3. The molecule has 0 atom stereocenters. The predicted octanol–water partition coefficient (Wildman–Crippen LogP) is 8.78. The van der Waals surface area contributed by atoms with Crippen LogP contribution in [0.25, 0.3) is 27.6 Å². The molecule has 13 rings (SSSR count). The van der Waals surface area contributed by atoms with E-state index < -0.39 is 0 Å². The number of amidine groups is 4. The number of nitrogens with two attached hydrogens (primary N) is 4. The molecule has 0 radical (unpaired) electrons. The van der Waals surface area contributed by atoms with Crippen molar-refractivity contribution in [1.82, 2.24) is 77.6 Å². The number of hydrogen-bond donors (Lipinski definition) is 8. The standard InChI is InChI=1S/2C28H35N11O.C12H17N3O.C5H6ClN3.CH4/c2*1-36(2)13-9-10-21-24(22-11-5-7-14-38(22)34-21)31-26-19(29)18-20(30)27(33-26)32-25-23-12-6-8-15-39(23)35-28(25)40-17-16-37(3)4;1-10-11-6-4-5-7-15(11)13-12(10)16-9-8-14(2)3;6-5-4(8)1-3(7)2-9-5;/h2*5-8,11-12,14-15,18,30H,9-10,13,16-17,29H2,1-4H3,(H,31,32,33);4-7H,8-9H2,1-3H3;1-2H,7-8H2;1H4. The lowest BCUT2D eigenvalue weighted by atomic mass is 10.1. The molecule has 2 aliphatic heterocycles. The van der Waals surface area contributed by atoms with Crippen LogP contribution in [0, 0.1) is 17.7 Å². The second-order valence-electron chi connectivity index (χ2n) is 26.0. The van der Waals surface area contributed by atoms with Crippen LogP contribution in [0.1, 0.15) is 37.2 Å². The Morgan fingerprint density at radius 2 is 0.821 bits per heavy atom. The van der Waals surface area contributed by atoms with Crippen molar-refractivity contribution in [3.05, 3.63) is 180 Å². The van der Waals surface area contributed by atoms with E-state index in [1.165, 1.54) is 6.20 Å². The number of nitrogens with zero attached hydrogens (tertiary/aromatic N) is 20. The highest BCUT2D eigenvalue weighted by Gasteiger charge is 2.26. The summed E-state index contributed by atoms with van der Waals surface area (Å²) < 4.78 is 26.7. The zero-order chi connectivity index (χ0) is 74.8. The van der Waals surface area contributed by atoms with Crippen LogP contribution in [-0.4, -0.2) is 235 Å². The number of nitrogen functional groups attached to an aromatic ring is 2. The first kappa shape index (κ1) is 78.5. The summed E-state index contributed by atoms with van der Waals surface area (Å²) in [5.41, 5.74) is 35.2. The summed E-state index contributed by atoms with van der Waals surface area (Å²) in [5, 5.41) is 47.2. The number of ether oxygens (including phenoxy) is 3. The van der Waals surface area contributed by atoms with Crippen molar-refractivity contribution in [3.63, 3.8) is 0 Å². The first-order valence-electron chi connectivity index (χ1n) is 34.1. The molecule has 0 unspecified atom stereocenters. The highest BCUT2D eigenvalue weighted by Crippen LogP contribution is 2.34. The average molecular weight is 1460 g/mol. The number of halogens is 1. The molecule has 11 aromatic rings. The van der Waals surface area contributed by atoms with Crippen molar-refractivity contribution in [2.75, 3.05) is 145 Å². The van der Waals surface area contributed by atoms with Crippen molar-refractivity contribution in [2.45, 2.75) is 40.0 Å². The number of aliphatic imine (C=N–C) groups is 4. The number of pyridine rings is 6. The number of likely N-dealkylation sites (N-methyl/N-ethyl adjacent to an activating group) is 3. The van der Waals surface area contributed by atoms with Crippen LogP contribution >= 0.6 is 11.6 Å². The molecule has 558 valence electrons. The van der Waals surface area contributed by atoms with Crippen LogP contribution < -0.4 is 47.8 Å². The third-order valence-electron chi connectivity index (χ3n) is 16.2. The third-order valence-corrected chi connectivity index (χ3v) is 16.5. The van der Waals surface area contributed by atoms with Gasteiger partial charge in [-0.2, -0.15) is 10.2 Å². The van der Waals surface area contributed by atoms with Crippen LogP contribution in [0.5, 0.6) is 17.6 Å². The summed E-state index contributed by atoms with van der Waals surface area (Å²) in [6, 6.07) is 30.8. The van der Waals surface area contributed by atoms with E-state index in [1.807, 2.05) is 195 Å². The van der Waals surface area contributed by atoms with Gasteiger partial charge in [0.05, 0.1) is 79.4 Å². The molecule has 32 heteroatoms. The van der Waals surface area contributed by atoms with Gasteiger partial charge in [0, 0.05) is 56.2 Å². The second kappa shape index (κ2) is 36.7. The summed E-state index contributed by atoms with van der Waals surface area (Å²) >= 11 is 5.49. The fourth-order valence-corrected chi connectivity index (χ4v) is 10.8. The Hall–Kier alpha value is -11.6. The van der Waals surface area contributed by atoms with Gasteiger partial charge in [0.15, 0.2) is 28.5 Å². The van der Waals surface area contributed by atoms with Gasteiger partial charge in [-0.05, 0) is 195 Å². The Bertz CT molecular complexity index is 4800. The second-order valence-corrected chi connectivity index (χ2v) is 26.4. The number of anilines is 4. The Labute approximate surface area is 621 Å². The van der Waals surface area contributed by atoms with Gasteiger partial charge in [0.25, 0.3) is 11.8 Å². The summed E-state index contributed by atoms with van der Waals surface area (Å²) in [5.74, 6) is 2.82. The van der Waals surface area contributed by atoms with Crippen molar-refractivity contribution in [3.8, 4) is 17.6 Å². The molecular weight excluding hydrogens is 1360 g/mol. The predicted molar refractivity (Wildman–Crippen MR) is 428 cm³/mol. The van der Waals surface area contributed by atoms with E-state index in [0.717, 1.165) is 120 Å². The number of hydrogen-bond acceptors (Lipinski definition) is 24. The summed E-state index contributed by atoms with van der Waals surface area (Å²) in [6.45, 7) is 7.86. The first-order valence-corrected chi connectivity index (χ1v) is 34.5. The van der Waals surface area contributed by atoms with Crippen molar-refractivity contribution in [2.24, 2.45) is 31.4 Å². The molecule has 11 aromatic heterocycles. The van der Waals surface area contributed by atoms with Gasteiger partial charge in [0.2, 0.25) is 5.88 Å². The first-order chi connectivity index (χ1) is 50.5. The number of aromatic nitrogens is 11. The molecular formula is C74H97ClN28O3. The topological polar surface area (TPSA) is 369 Å². The quantitative estimate of drug-likeness (QED) is 0.0262. The zero-order valence-electron chi connectivity index (χ0n) is 61.2. The van der Waals surface area contributed by atoms with Crippen molar-refractivity contribution < 1.29 is 14.2 Å². The SMILES string of the molecule is C.CN(C)CCCc1nn2ccccc2c1N=C1N=C(Nc2c(OCCN(C)C)nn3ccccc23)C(=N)C=C1N.CN(C)CCCc1nn2ccccc2c1N=C1N=C(Nc2c(OCCN(C)C)nn3ccccc23)C(=N)C=C1N.Cc1c(OCCN(C)C)nn2ccccc12.Nc1cnc(Cl)c(N)c1. The number of nitrogens with one attached hydrogen (secondary N) is 4. The fourth-order valence-electron chi connectivity index (χ4n) is 10.7. The van der Waals surface area contributed by atoms with Crippen LogP contribution in [0.2, 0.25) is 5.15 Å². The number of aryl methyl sites for hydroxylation is 3. The van der Waals surface area contributed by atoms with Gasteiger partial charge in [0.1, 0.15) is 42.6 Å². The van der Waals surface area contributed by atoms with Gasteiger partial charge in [-0.1, -0.05) is 49.4 Å². The molecule has 106 heavy (non-hydrogen) atoms. The monoisotopic (exact) mass is 1460 g/mol. The Kier molecular flexibility index (Phi) is 27.2. The van der Waals surface area contributed by atoms with E-state index in [-0.39, 0.29) is 18.9 Å². The Balaban J connectivity index is 0.000000184. The molecule has 12 N–H and O–H groups in total. The molecule has 2 aliphatic rings. The van der Waals surface area contributed by atoms with E-state index in [4.69, 9.17) is 89.7 Å². The molecule has 0 aliphatic carbocycles. The maximum absolute atomic E-state index is 8.60. The highest BCUT2D eigenvalue weighted by molar-refractivity contribution is 6.53. The van der Waals surface area contributed by atoms with Crippen LogP contribution in [0.15, 0.2) is 178 Å². The van der Waals surface area contributed by atoms with Crippen molar-refractivity contribution in [1.29, 1.82) is 10.8 Å². The van der Waals surface area contributed by atoms with E-state index in [1.54, 1.807) is 27.2 Å². The lowest BCUT2D eigenvalue weighted by Gasteiger charge is -2.16. The summed E-state index contributed by atoms with van der Waals surface area (Å²) in [7, 11) is 20.2. The highest BCUT2D eigenvalue weighted by atomic mass is 35.5. The minimum absolute atomic E-state index is 0. The van der Waals surface area contributed by atoms with E-state index in [2.05, 4.69) is 73.8 Å². The molecule has 13 heterocycles. The zero-order valence-corrected chi connectivity index (χ0v) is 62.0. The largest absolute Gasteiger partial charge is 0.475 e.